The summed E-state index contributed by atoms with van der Waals surface area (Å²) in [4.78, 5) is 26.5. The van der Waals surface area contributed by atoms with Crippen LogP contribution in [0.4, 0.5) is 0 Å². The predicted octanol–water partition coefficient (Wildman–Crippen LogP) is 5.17. The molecule has 2 N–H and O–H groups in total. The maximum absolute atomic E-state index is 14.2. The van der Waals surface area contributed by atoms with E-state index in [2.05, 4.69) is 5.32 Å². The largest absolute Gasteiger partial charge is 0.480 e. The molecule has 3 aromatic rings. The van der Waals surface area contributed by atoms with Gasteiger partial charge in [-0.25, -0.2) is 4.79 Å². The molecule has 4 heteroatoms. The van der Waals surface area contributed by atoms with Gasteiger partial charge < -0.3 is 10.4 Å². The van der Waals surface area contributed by atoms with Gasteiger partial charge in [-0.05, 0) is 35.4 Å². The highest BCUT2D eigenvalue weighted by molar-refractivity contribution is 5.98. The van der Waals surface area contributed by atoms with Crippen molar-refractivity contribution in [3.63, 3.8) is 0 Å². The van der Waals surface area contributed by atoms with Gasteiger partial charge in [0, 0.05) is 0 Å². The maximum Gasteiger partial charge on any atom is 0.326 e. The predicted molar refractivity (Wildman–Crippen MR) is 125 cm³/mol. The summed E-state index contributed by atoms with van der Waals surface area (Å²) in [5.41, 5.74) is 1.26. The van der Waals surface area contributed by atoms with E-state index < -0.39 is 17.4 Å². The van der Waals surface area contributed by atoms with Crippen molar-refractivity contribution in [2.75, 3.05) is 0 Å². The summed E-state index contributed by atoms with van der Waals surface area (Å²) in [6.45, 7) is 0. The van der Waals surface area contributed by atoms with Crippen molar-refractivity contribution in [1.29, 1.82) is 0 Å². The van der Waals surface area contributed by atoms with Crippen molar-refractivity contribution >= 4 is 11.9 Å². The molecule has 1 aliphatic carbocycles. The van der Waals surface area contributed by atoms with Crippen molar-refractivity contribution < 1.29 is 14.7 Å². The third kappa shape index (κ3) is 4.18. The average molecular weight is 428 g/mol. The Balaban J connectivity index is 1.87. The van der Waals surface area contributed by atoms with Gasteiger partial charge in [0.2, 0.25) is 5.91 Å². The summed E-state index contributed by atoms with van der Waals surface area (Å²) in [7, 11) is 0. The fourth-order valence-electron chi connectivity index (χ4n) is 5.06. The highest BCUT2D eigenvalue weighted by Crippen LogP contribution is 2.40. The Hall–Kier alpha value is -3.40. The number of amides is 1. The number of carbonyl (C=O) groups excluding carboxylic acids is 1. The Morgan fingerprint density at radius 3 is 1.50 bits per heavy atom. The molecule has 0 heterocycles. The Morgan fingerprint density at radius 2 is 1.12 bits per heavy atom. The molecule has 0 saturated heterocycles. The van der Waals surface area contributed by atoms with Crippen LogP contribution in [0.25, 0.3) is 0 Å². The lowest BCUT2D eigenvalue weighted by Gasteiger charge is -2.37. The van der Waals surface area contributed by atoms with Crippen LogP contribution in [-0.4, -0.2) is 23.0 Å². The fraction of sp³-hybridized carbons (Fsp3) is 0.286. The quantitative estimate of drug-likeness (QED) is 0.511. The number of hydrogen-bond donors (Lipinski definition) is 2. The summed E-state index contributed by atoms with van der Waals surface area (Å²) >= 11 is 0. The minimum Gasteiger partial charge on any atom is -0.480 e. The number of nitrogens with one attached hydrogen (secondary N) is 1. The van der Waals surface area contributed by atoms with Crippen LogP contribution in [0, 0.1) is 5.92 Å². The molecular weight excluding hydrogens is 398 g/mol. The fourth-order valence-corrected chi connectivity index (χ4v) is 5.06. The van der Waals surface area contributed by atoms with Crippen molar-refractivity contribution in [2.24, 2.45) is 5.92 Å². The Bertz CT molecular complexity index is 931. The van der Waals surface area contributed by atoms with E-state index in [1.54, 1.807) is 0 Å². The zero-order valence-corrected chi connectivity index (χ0v) is 18.1. The summed E-state index contributed by atoms with van der Waals surface area (Å²) < 4.78 is 0. The molecule has 1 aliphatic rings. The van der Waals surface area contributed by atoms with Gasteiger partial charge in [0.05, 0.1) is 0 Å². The lowest BCUT2D eigenvalue weighted by Crippen LogP contribution is -2.54. The number of benzene rings is 3. The summed E-state index contributed by atoms with van der Waals surface area (Å²) in [6, 6.07) is 28.0. The molecule has 4 rings (SSSR count). The first-order valence-electron chi connectivity index (χ1n) is 11.3. The van der Waals surface area contributed by atoms with Crippen molar-refractivity contribution in [3.05, 3.63) is 108 Å². The molecule has 0 radical (unpaired) electrons. The molecule has 1 atom stereocenters. The number of rotatable bonds is 7. The van der Waals surface area contributed by atoms with Gasteiger partial charge in [0.15, 0.2) is 0 Å². The van der Waals surface area contributed by atoms with E-state index in [4.69, 9.17) is 0 Å². The number of aliphatic carboxylic acids is 1. The zero-order valence-electron chi connectivity index (χ0n) is 18.1. The van der Waals surface area contributed by atoms with Gasteiger partial charge in [-0.1, -0.05) is 110 Å². The summed E-state index contributed by atoms with van der Waals surface area (Å²) in [6.07, 6.45) is 4.79. The second-order valence-electron chi connectivity index (χ2n) is 8.54. The van der Waals surface area contributed by atoms with E-state index in [0.29, 0.717) is 0 Å². The second-order valence-corrected chi connectivity index (χ2v) is 8.54. The topological polar surface area (TPSA) is 66.4 Å². The van der Waals surface area contributed by atoms with Crippen molar-refractivity contribution in [2.45, 2.75) is 43.6 Å². The molecule has 0 aromatic heterocycles. The first kappa shape index (κ1) is 21.8. The molecular formula is C28H29NO3. The SMILES string of the molecule is O=C(O)[C@@H](NC(=O)C(c1ccccc1)(c1ccccc1)c1ccccc1)C1CCCCC1. The minimum absolute atomic E-state index is 0.0507. The number of carbonyl (C=O) groups is 2. The number of carboxylic acid groups (broad SMARTS) is 1. The smallest absolute Gasteiger partial charge is 0.326 e. The van der Waals surface area contributed by atoms with Crippen LogP contribution in [0.2, 0.25) is 0 Å². The van der Waals surface area contributed by atoms with E-state index in [1.165, 1.54) is 0 Å². The lowest BCUT2D eigenvalue weighted by molar-refractivity contribution is -0.144. The van der Waals surface area contributed by atoms with Gasteiger partial charge >= 0.3 is 5.97 Å². The molecule has 0 spiro atoms. The maximum atomic E-state index is 14.2. The van der Waals surface area contributed by atoms with Crippen LogP contribution >= 0.6 is 0 Å². The third-order valence-corrected chi connectivity index (χ3v) is 6.63. The van der Waals surface area contributed by atoms with Gasteiger partial charge in [-0.2, -0.15) is 0 Å². The number of carboxylic acids is 1. The molecule has 3 aromatic carbocycles. The van der Waals surface area contributed by atoms with Gasteiger partial charge in [0.1, 0.15) is 11.5 Å². The molecule has 32 heavy (non-hydrogen) atoms. The summed E-state index contributed by atoms with van der Waals surface area (Å²) in [5, 5.41) is 13.0. The third-order valence-electron chi connectivity index (χ3n) is 6.63. The minimum atomic E-state index is -1.16. The molecule has 1 saturated carbocycles. The number of hydrogen-bond acceptors (Lipinski definition) is 2. The molecule has 0 unspecified atom stereocenters. The first-order valence-corrected chi connectivity index (χ1v) is 11.3. The highest BCUT2D eigenvalue weighted by atomic mass is 16.4. The van der Waals surface area contributed by atoms with E-state index in [0.717, 1.165) is 48.8 Å². The van der Waals surface area contributed by atoms with Crippen molar-refractivity contribution in [1.82, 2.24) is 5.32 Å². The summed E-state index contributed by atoms with van der Waals surface area (Å²) in [5.74, 6) is -1.32. The average Bonchev–Trinajstić information content (AvgIpc) is 2.85. The van der Waals surface area contributed by atoms with E-state index in [-0.39, 0.29) is 11.8 Å². The second kappa shape index (κ2) is 9.82. The van der Waals surface area contributed by atoms with Crippen LogP contribution in [0.15, 0.2) is 91.0 Å². The van der Waals surface area contributed by atoms with Gasteiger partial charge in [-0.15, -0.1) is 0 Å². The Morgan fingerprint density at radius 1 is 0.719 bits per heavy atom. The van der Waals surface area contributed by atoms with Crippen LogP contribution in [0.3, 0.4) is 0 Å². The highest BCUT2D eigenvalue weighted by Gasteiger charge is 2.45. The lowest BCUT2D eigenvalue weighted by atomic mass is 9.68. The standard InChI is InChI=1S/C28H29NO3/c30-26(31)25(21-13-5-1-6-14-21)29-27(32)28(22-15-7-2-8-16-22,23-17-9-3-10-18-23)24-19-11-4-12-20-24/h2-4,7-12,15-21,25H,1,5-6,13-14H2,(H,29,32)(H,30,31)/t25-/m0/s1. The van der Waals surface area contributed by atoms with Gasteiger partial charge in [0.25, 0.3) is 0 Å². The van der Waals surface area contributed by atoms with E-state index in [9.17, 15) is 14.7 Å². The Labute approximate surface area is 189 Å². The molecule has 0 bridgehead atoms. The zero-order chi connectivity index (χ0) is 22.4. The first-order chi connectivity index (χ1) is 15.6. The van der Waals surface area contributed by atoms with Crippen LogP contribution < -0.4 is 5.32 Å². The molecule has 164 valence electrons. The monoisotopic (exact) mass is 427 g/mol. The molecule has 1 amide bonds. The van der Waals surface area contributed by atoms with Crippen LogP contribution in [0.5, 0.6) is 0 Å². The molecule has 1 fully saturated rings. The normalized spacial score (nSPS) is 15.6. The molecule has 4 nitrogen and oxygen atoms in total. The van der Waals surface area contributed by atoms with E-state index in [1.807, 2.05) is 91.0 Å². The van der Waals surface area contributed by atoms with E-state index >= 15 is 0 Å². The van der Waals surface area contributed by atoms with Gasteiger partial charge in [-0.3, -0.25) is 4.79 Å². The molecule has 0 aliphatic heterocycles. The van der Waals surface area contributed by atoms with Crippen LogP contribution in [-0.2, 0) is 15.0 Å². The van der Waals surface area contributed by atoms with Crippen LogP contribution in [0.1, 0.15) is 48.8 Å². The van der Waals surface area contributed by atoms with Crippen molar-refractivity contribution in [3.8, 4) is 0 Å². The Kier molecular flexibility index (Phi) is 6.69.